The number of rotatable bonds is 3. The molecule has 118 valence electrons. The van der Waals surface area contributed by atoms with Crippen LogP contribution in [0.2, 0.25) is 0 Å². The van der Waals surface area contributed by atoms with Gasteiger partial charge < -0.3 is 14.9 Å². The molecule has 4 nitrogen and oxygen atoms in total. The Hall–Kier alpha value is -1.13. The summed E-state index contributed by atoms with van der Waals surface area (Å²) in [6.45, 7) is 9.63. The lowest BCUT2D eigenvalue weighted by Crippen LogP contribution is -2.46. The van der Waals surface area contributed by atoms with E-state index in [0.29, 0.717) is 12.3 Å². The highest BCUT2D eigenvalue weighted by Crippen LogP contribution is 2.53. The quantitative estimate of drug-likeness (QED) is 0.618. The van der Waals surface area contributed by atoms with Gasteiger partial charge in [0.25, 0.3) is 0 Å². The van der Waals surface area contributed by atoms with Crippen molar-refractivity contribution in [1.29, 1.82) is 0 Å². The Kier molecular flexibility index (Phi) is 4.59. The van der Waals surface area contributed by atoms with Gasteiger partial charge in [0.05, 0.1) is 12.7 Å². The van der Waals surface area contributed by atoms with Crippen molar-refractivity contribution < 1.29 is 19.7 Å². The lowest BCUT2D eigenvalue weighted by molar-refractivity contribution is -0.150. The predicted molar refractivity (Wildman–Crippen MR) is 80.5 cm³/mol. The summed E-state index contributed by atoms with van der Waals surface area (Å²) in [4.78, 5) is 11.4. The van der Waals surface area contributed by atoms with Crippen molar-refractivity contribution in [2.45, 2.75) is 52.2 Å². The van der Waals surface area contributed by atoms with Gasteiger partial charge in [-0.3, -0.25) is 4.79 Å². The molecule has 1 fully saturated rings. The SMILES string of the molecule is C=C(CO)C1CC2(C)C(=CC(O)CC2C)CC1OC(C)=O. The van der Waals surface area contributed by atoms with E-state index in [1.807, 2.05) is 6.08 Å². The second-order valence-electron chi connectivity index (χ2n) is 6.79. The Morgan fingerprint density at radius 2 is 2.24 bits per heavy atom. The summed E-state index contributed by atoms with van der Waals surface area (Å²) in [5.41, 5.74) is 1.86. The van der Waals surface area contributed by atoms with E-state index < -0.39 is 6.10 Å². The van der Waals surface area contributed by atoms with Crippen molar-refractivity contribution in [3.8, 4) is 0 Å². The third-order valence-corrected chi connectivity index (χ3v) is 5.37. The summed E-state index contributed by atoms with van der Waals surface area (Å²) in [6.07, 6.45) is 3.37. The lowest BCUT2D eigenvalue weighted by Gasteiger charge is -2.50. The fourth-order valence-corrected chi connectivity index (χ4v) is 3.87. The van der Waals surface area contributed by atoms with Gasteiger partial charge in [0.15, 0.2) is 0 Å². The molecular weight excluding hydrogens is 268 g/mol. The van der Waals surface area contributed by atoms with E-state index in [9.17, 15) is 15.0 Å². The number of carbonyl (C=O) groups excluding carboxylic acids is 1. The molecule has 0 aromatic heterocycles. The first-order valence-corrected chi connectivity index (χ1v) is 7.63. The van der Waals surface area contributed by atoms with Crippen LogP contribution in [0.3, 0.4) is 0 Å². The van der Waals surface area contributed by atoms with E-state index >= 15 is 0 Å². The van der Waals surface area contributed by atoms with Crippen LogP contribution in [-0.2, 0) is 9.53 Å². The number of aliphatic hydroxyl groups excluding tert-OH is 2. The molecule has 0 amide bonds. The Labute approximate surface area is 126 Å². The predicted octanol–water partition coefficient (Wildman–Crippen LogP) is 2.21. The molecule has 5 unspecified atom stereocenters. The van der Waals surface area contributed by atoms with Crippen LogP contribution < -0.4 is 0 Å². The topological polar surface area (TPSA) is 66.8 Å². The monoisotopic (exact) mass is 294 g/mol. The molecule has 2 aliphatic carbocycles. The minimum Gasteiger partial charge on any atom is -0.462 e. The average Bonchev–Trinajstić information content (AvgIpc) is 2.39. The van der Waals surface area contributed by atoms with Crippen LogP contribution in [0, 0.1) is 17.3 Å². The molecule has 0 spiro atoms. The third kappa shape index (κ3) is 3.06. The average molecular weight is 294 g/mol. The van der Waals surface area contributed by atoms with E-state index in [1.54, 1.807) is 0 Å². The Bertz CT molecular complexity index is 467. The molecule has 0 aromatic rings. The molecule has 2 rings (SSSR count). The molecular formula is C17H26O4. The summed E-state index contributed by atoms with van der Waals surface area (Å²) in [5.74, 6) is 0.00265. The van der Waals surface area contributed by atoms with Gasteiger partial charge in [0.1, 0.15) is 6.10 Å². The number of carbonyl (C=O) groups is 1. The largest absolute Gasteiger partial charge is 0.462 e. The van der Waals surface area contributed by atoms with Gasteiger partial charge in [0, 0.05) is 19.3 Å². The number of esters is 1. The Morgan fingerprint density at radius 3 is 2.81 bits per heavy atom. The molecule has 1 saturated carbocycles. The van der Waals surface area contributed by atoms with Crippen LogP contribution in [0.15, 0.2) is 23.8 Å². The fourth-order valence-electron chi connectivity index (χ4n) is 3.87. The standard InChI is InChI=1S/C17H26O4/c1-10(9-18)15-8-17(4)11(2)5-14(20)6-13(17)7-16(15)21-12(3)19/h6,11,14-16,18,20H,1,5,7-9H2,2-4H3. The number of aliphatic hydroxyl groups is 2. The molecule has 2 aliphatic rings. The summed E-state index contributed by atoms with van der Waals surface area (Å²) in [5, 5.41) is 19.4. The molecule has 21 heavy (non-hydrogen) atoms. The van der Waals surface area contributed by atoms with Crippen LogP contribution in [0.25, 0.3) is 0 Å². The maximum Gasteiger partial charge on any atom is 0.302 e. The number of hydrogen-bond acceptors (Lipinski definition) is 4. The van der Waals surface area contributed by atoms with E-state index in [4.69, 9.17) is 4.74 Å². The zero-order valence-electron chi connectivity index (χ0n) is 13.1. The van der Waals surface area contributed by atoms with Crippen molar-refractivity contribution in [2.75, 3.05) is 6.61 Å². The molecule has 0 aliphatic heterocycles. The highest BCUT2D eigenvalue weighted by Gasteiger charge is 2.48. The number of ether oxygens (including phenoxy) is 1. The van der Waals surface area contributed by atoms with E-state index in [2.05, 4.69) is 20.4 Å². The summed E-state index contributed by atoms with van der Waals surface area (Å²) in [6, 6.07) is 0. The van der Waals surface area contributed by atoms with Crippen LogP contribution in [0.1, 0.15) is 40.0 Å². The first-order valence-electron chi connectivity index (χ1n) is 7.63. The lowest BCUT2D eigenvalue weighted by atomic mass is 9.56. The van der Waals surface area contributed by atoms with Crippen LogP contribution in [0.5, 0.6) is 0 Å². The van der Waals surface area contributed by atoms with Crippen molar-refractivity contribution in [2.24, 2.45) is 17.3 Å². The fraction of sp³-hybridized carbons (Fsp3) is 0.706. The molecule has 2 N–H and O–H groups in total. The summed E-state index contributed by atoms with van der Waals surface area (Å²) < 4.78 is 5.46. The van der Waals surface area contributed by atoms with Crippen molar-refractivity contribution in [3.05, 3.63) is 23.8 Å². The van der Waals surface area contributed by atoms with Crippen molar-refractivity contribution >= 4 is 5.97 Å². The molecule has 4 heteroatoms. The van der Waals surface area contributed by atoms with Gasteiger partial charge in [-0.1, -0.05) is 32.1 Å². The smallest absolute Gasteiger partial charge is 0.302 e. The zero-order valence-corrected chi connectivity index (χ0v) is 13.1. The van der Waals surface area contributed by atoms with Crippen LogP contribution >= 0.6 is 0 Å². The van der Waals surface area contributed by atoms with Gasteiger partial charge >= 0.3 is 5.97 Å². The normalized spacial score (nSPS) is 39.2. The Balaban J connectivity index is 2.33. The third-order valence-electron chi connectivity index (χ3n) is 5.37. The molecule has 0 aromatic carbocycles. The minimum absolute atomic E-state index is 0.0289. The first kappa shape index (κ1) is 16.2. The summed E-state index contributed by atoms with van der Waals surface area (Å²) in [7, 11) is 0. The first-order chi connectivity index (χ1) is 9.77. The van der Waals surface area contributed by atoms with Crippen LogP contribution in [-0.4, -0.2) is 35.0 Å². The second kappa shape index (κ2) is 5.93. The molecule has 0 radical (unpaired) electrons. The second-order valence-corrected chi connectivity index (χ2v) is 6.79. The van der Waals surface area contributed by atoms with Gasteiger partial charge in [-0.25, -0.2) is 0 Å². The molecule has 0 heterocycles. The number of fused-ring (bicyclic) bond motifs is 1. The zero-order chi connectivity index (χ0) is 15.8. The highest BCUT2D eigenvalue weighted by atomic mass is 16.5. The maximum atomic E-state index is 11.4. The maximum absolute atomic E-state index is 11.4. The van der Waals surface area contributed by atoms with Crippen molar-refractivity contribution in [1.82, 2.24) is 0 Å². The molecule has 0 saturated heterocycles. The van der Waals surface area contributed by atoms with Crippen molar-refractivity contribution in [3.63, 3.8) is 0 Å². The van der Waals surface area contributed by atoms with E-state index in [0.717, 1.165) is 18.4 Å². The molecule has 0 bridgehead atoms. The highest BCUT2D eigenvalue weighted by molar-refractivity contribution is 5.66. The Morgan fingerprint density at radius 1 is 1.57 bits per heavy atom. The van der Waals surface area contributed by atoms with Crippen LogP contribution in [0.4, 0.5) is 0 Å². The molecule has 5 atom stereocenters. The summed E-state index contributed by atoms with van der Waals surface area (Å²) >= 11 is 0. The minimum atomic E-state index is -0.418. The van der Waals surface area contributed by atoms with Gasteiger partial charge in [-0.2, -0.15) is 0 Å². The van der Waals surface area contributed by atoms with E-state index in [1.165, 1.54) is 12.5 Å². The van der Waals surface area contributed by atoms with Gasteiger partial charge in [0.2, 0.25) is 0 Å². The van der Waals surface area contributed by atoms with Gasteiger partial charge in [-0.15, -0.1) is 0 Å². The van der Waals surface area contributed by atoms with Gasteiger partial charge in [-0.05, 0) is 29.7 Å². The number of hydrogen-bond donors (Lipinski definition) is 2. The van der Waals surface area contributed by atoms with E-state index in [-0.39, 0.29) is 30.0 Å².